The number of carbonyl (C=O) groups is 1. The topological polar surface area (TPSA) is 73.6 Å². The molecule has 114 valence electrons. The molecule has 1 heterocycles. The highest BCUT2D eigenvalue weighted by molar-refractivity contribution is 5.76. The quantitative estimate of drug-likeness (QED) is 0.782. The summed E-state index contributed by atoms with van der Waals surface area (Å²) in [6, 6.07) is 7.41. The maximum absolute atomic E-state index is 12.0. The van der Waals surface area contributed by atoms with E-state index in [1.807, 2.05) is 12.1 Å². The lowest BCUT2D eigenvalue weighted by Gasteiger charge is -2.19. The highest BCUT2D eigenvalue weighted by atomic mass is 16.5. The maximum atomic E-state index is 12.0. The zero-order valence-corrected chi connectivity index (χ0v) is 12.1. The van der Waals surface area contributed by atoms with Gasteiger partial charge in [0, 0.05) is 18.4 Å². The molecule has 3 rings (SSSR count). The van der Waals surface area contributed by atoms with E-state index in [0.717, 1.165) is 13.0 Å². The molecule has 1 aliphatic carbocycles. The molecule has 5 nitrogen and oxygen atoms in total. The van der Waals surface area contributed by atoms with E-state index in [9.17, 15) is 4.79 Å². The number of ether oxygens (including phenoxy) is 2. The Bertz CT molecular complexity index is 502. The summed E-state index contributed by atoms with van der Waals surface area (Å²) in [5.41, 5.74) is 6.33. The molecule has 2 aliphatic rings. The number of nitrogens with one attached hydrogen (secondary N) is 1. The van der Waals surface area contributed by atoms with Crippen molar-refractivity contribution in [2.45, 2.75) is 37.8 Å². The van der Waals surface area contributed by atoms with Gasteiger partial charge in [-0.1, -0.05) is 6.07 Å². The lowest BCUT2D eigenvalue weighted by molar-refractivity contribution is -0.122. The van der Waals surface area contributed by atoms with Gasteiger partial charge < -0.3 is 20.5 Å². The summed E-state index contributed by atoms with van der Waals surface area (Å²) in [5.74, 6) is 1.38. The van der Waals surface area contributed by atoms with E-state index in [0.29, 0.717) is 30.4 Å². The minimum atomic E-state index is 0.0278. The highest BCUT2D eigenvalue weighted by Gasteiger charge is 2.41. The Labute approximate surface area is 124 Å². The van der Waals surface area contributed by atoms with Crippen LogP contribution in [0.2, 0.25) is 0 Å². The fourth-order valence-electron chi connectivity index (χ4n) is 2.80. The average molecular weight is 290 g/mol. The number of rotatable bonds is 6. The minimum absolute atomic E-state index is 0.0278. The van der Waals surface area contributed by atoms with E-state index in [1.165, 1.54) is 12.8 Å². The molecule has 1 aliphatic heterocycles. The lowest BCUT2D eigenvalue weighted by atomic mass is 10.1. The first-order valence-corrected chi connectivity index (χ1v) is 7.61. The summed E-state index contributed by atoms with van der Waals surface area (Å²) in [5, 5.41) is 3.08. The molecule has 21 heavy (non-hydrogen) atoms. The Morgan fingerprint density at radius 1 is 1.38 bits per heavy atom. The second-order valence-corrected chi connectivity index (χ2v) is 5.81. The molecule has 1 aromatic rings. The van der Waals surface area contributed by atoms with Gasteiger partial charge in [0.2, 0.25) is 5.91 Å². The molecule has 1 saturated carbocycles. The van der Waals surface area contributed by atoms with Crippen molar-refractivity contribution in [2.75, 3.05) is 18.9 Å². The number of carbonyl (C=O) groups excluding carboxylic acids is 1. The summed E-state index contributed by atoms with van der Waals surface area (Å²) in [6.45, 7) is 1.11. The monoisotopic (exact) mass is 290 g/mol. The second-order valence-electron chi connectivity index (χ2n) is 5.81. The third kappa shape index (κ3) is 3.88. The van der Waals surface area contributed by atoms with Crippen molar-refractivity contribution in [3.63, 3.8) is 0 Å². The Morgan fingerprint density at radius 3 is 3.00 bits per heavy atom. The zero-order chi connectivity index (χ0) is 14.7. The molecule has 0 aromatic heterocycles. The van der Waals surface area contributed by atoms with Gasteiger partial charge >= 0.3 is 0 Å². The summed E-state index contributed by atoms with van der Waals surface area (Å²) >= 11 is 0. The normalized spacial score (nSPS) is 24.8. The smallest absolute Gasteiger partial charge is 0.223 e. The third-order valence-corrected chi connectivity index (χ3v) is 4.02. The van der Waals surface area contributed by atoms with Crippen molar-refractivity contribution in [3.8, 4) is 5.75 Å². The van der Waals surface area contributed by atoms with E-state index >= 15 is 0 Å². The molecule has 2 fully saturated rings. The van der Waals surface area contributed by atoms with Crippen molar-refractivity contribution in [1.82, 2.24) is 5.32 Å². The van der Waals surface area contributed by atoms with Crippen LogP contribution in [0.1, 0.15) is 25.7 Å². The van der Waals surface area contributed by atoms with E-state index in [-0.39, 0.29) is 18.1 Å². The van der Waals surface area contributed by atoms with Gasteiger partial charge in [0.25, 0.3) is 0 Å². The van der Waals surface area contributed by atoms with Gasteiger partial charge in [-0.25, -0.2) is 0 Å². The maximum Gasteiger partial charge on any atom is 0.223 e. The average Bonchev–Trinajstić information content (AvgIpc) is 3.20. The van der Waals surface area contributed by atoms with Crippen LogP contribution >= 0.6 is 0 Å². The van der Waals surface area contributed by atoms with E-state index < -0.39 is 0 Å². The molecule has 0 bridgehead atoms. The first kappa shape index (κ1) is 14.2. The number of hydrogen-bond acceptors (Lipinski definition) is 4. The van der Waals surface area contributed by atoms with Crippen molar-refractivity contribution >= 4 is 11.6 Å². The summed E-state index contributed by atoms with van der Waals surface area (Å²) in [6.07, 6.45) is 3.96. The molecule has 5 heteroatoms. The van der Waals surface area contributed by atoms with Gasteiger partial charge in [-0.3, -0.25) is 4.79 Å². The zero-order valence-electron chi connectivity index (χ0n) is 12.1. The van der Waals surface area contributed by atoms with Crippen molar-refractivity contribution < 1.29 is 14.3 Å². The first-order valence-electron chi connectivity index (χ1n) is 7.61. The predicted octanol–water partition coefficient (Wildman–Crippen LogP) is 1.72. The van der Waals surface area contributed by atoms with Gasteiger partial charge in [-0.2, -0.15) is 0 Å². The third-order valence-electron chi connectivity index (χ3n) is 4.02. The Kier molecular flexibility index (Phi) is 4.29. The SMILES string of the molecule is Nc1cccc(OCCC(=O)NC2CCOC2C2CC2)c1. The molecule has 1 amide bonds. The minimum Gasteiger partial charge on any atom is -0.493 e. The van der Waals surface area contributed by atoms with Gasteiger partial charge in [-0.15, -0.1) is 0 Å². The fraction of sp³-hybridized carbons (Fsp3) is 0.562. The van der Waals surface area contributed by atoms with Crippen LogP contribution in [0, 0.1) is 5.92 Å². The Hall–Kier alpha value is -1.75. The van der Waals surface area contributed by atoms with Gasteiger partial charge in [0.1, 0.15) is 5.75 Å². The number of hydrogen-bond donors (Lipinski definition) is 2. The number of benzene rings is 1. The fourth-order valence-corrected chi connectivity index (χ4v) is 2.80. The number of nitrogens with two attached hydrogens (primary N) is 1. The van der Waals surface area contributed by atoms with Crippen LogP contribution in [0.4, 0.5) is 5.69 Å². The van der Waals surface area contributed by atoms with Crippen LogP contribution in [-0.4, -0.2) is 31.3 Å². The molecule has 1 aromatic carbocycles. The van der Waals surface area contributed by atoms with Crippen LogP contribution in [0.5, 0.6) is 5.75 Å². The van der Waals surface area contributed by atoms with Gasteiger partial charge in [0.15, 0.2) is 0 Å². The van der Waals surface area contributed by atoms with Crippen LogP contribution in [0.25, 0.3) is 0 Å². The van der Waals surface area contributed by atoms with Crippen molar-refractivity contribution in [3.05, 3.63) is 24.3 Å². The van der Waals surface area contributed by atoms with Crippen LogP contribution in [0.15, 0.2) is 24.3 Å². The van der Waals surface area contributed by atoms with Crippen molar-refractivity contribution in [2.24, 2.45) is 5.92 Å². The highest BCUT2D eigenvalue weighted by Crippen LogP contribution is 2.38. The Balaban J connectivity index is 1.40. The molecule has 0 radical (unpaired) electrons. The number of anilines is 1. The molecule has 2 unspecified atom stereocenters. The molecular weight excluding hydrogens is 268 g/mol. The largest absolute Gasteiger partial charge is 0.493 e. The molecule has 2 atom stereocenters. The van der Waals surface area contributed by atoms with E-state index in [4.69, 9.17) is 15.2 Å². The molecule has 0 spiro atoms. The van der Waals surface area contributed by atoms with Gasteiger partial charge in [0.05, 0.1) is 25.2 Å². The van der Waals surface area contributed by atoms with E-state index in [1.54, 1.807) is 12.1 Å². The molecule has 3 N–H and O–H groups in total. The summed E-state index contributed by atoms with van der Waals surface area (Å²) in [7, 11) is 0. The lowest BCUT2D eigenvalue weighted by Crippen LogP contribution is -2.41. The summed E-state index contributed by atoms with van der Waals surface area (Å²) < 4.78 is 11.3. The standard InChI is InChI=1S/C16H22N2O3/c17-12-2-1-3-13(10-12)20-9-7-15(19)18-14-6-8-21-16(14)11-4-5-11/h1-3,10-11,14,16H,4-9,17H2,(H,18,19). The Morgan fingerprint density at radius 2 is 2.24 bits per heavy atom. The van der Waals surface area contributed by atoms with Gasteiger partial charge in [-0.05, 0) is 37.3 Å². The molecular formula is C16H22N2O3. The van der Waals surface area contributed by atoms with Crippen LogP contribution < -0.4 is 15.8 Å². The second kappa shape index (κ2) is 6.35. The van der Waals surface area contributed by atoms with Crippen molar-refractivity contribution in [1.29, 1.82) is 0 Å². The van der Waals surface area contributed by atoms with Crippen LogP contribution in [-0.2, 0) is 9.53 Å². The van der Waals surface area contributed by atoms with Crippen LogP contribution in [0.3, 0.4) is 0 Å². The summed E-state index contributed by atoms with van der Waals surface area (Å²) in [4.78, 5) is 12.0. The number of nitrogen functional groups attached to an aromatic ring is 1. The predicted molar refractivity (Wildman–Crippen MR) is 80.0 cm³/mol. The van der Waals surface area contributed by atoms with E-state index in [2.05, 4.69) is 5.32 Å². The first-order chi connectivity index (χ1) is 10.2. The number of amides is 1. The molecule has 1 saturated heterocycles.